The highest BCUT2D eigenvalue weighted by molar-refractivity contribution is 8.00. The highest BCUT2D eigenvalue weighted by Gasteiger charge is 2.23. The Morgan fingerprint density at radius 2 is 1.80 bits per heavy atom. The molecule has 0 saturated heterocycles. The molecule has 0 saturated carbocycles. The van der Waals surface area contributed by atoms with Gasteiger partial charge in [-0.3, -0.25) is 4.79 Å². The number of hydrogen-bond donors (Lipinski definition) is 1. The van der Waals surface area contributed by atoms with Crippen molar-refractivity contribution in [2.24, 2.45) is 0 Å². The standard InChI is InChI=1S/C19H16ClN3OS/c1-13-8-9-15(12-16(13)20)23-18(24)17(14-6-3-2-4-7-14)25-19-21-10-5-11-22-19/h2-12,17H,1H3,(H,23,24)/t17-/m1/s1. The first kappa shape index (κ1) is 17.5. The van der Waals surface area contributed by atoms with E-state index in [0.29, 0.717) is 15.9 Å². The molecule has 6 heteroatoms. The molecule has 0 aliphatic rings. The van der Waals surface area contributed by atoms with Crippen molar-refractivity contribution in [3.8, 4) is 0 Å². The van der Waals surface area contributed by atoms with Gasteiger partial charge in [-0.25, -0.2) is 9.97 Å². The fourth-order valence-electron chi connectivity index (χ4n) is 2.23. The maximum absolute atomic E-state index is 12.9. The van der Waals surface area contributed by atoms with E-state index < -0.39 is 5.25 Å². The number of hydrogen-bond acceptors (Lipinski definition) is 4. The molecule has 126 valence electrons. The van der Waals surface area contributed by atoms with Gasteiger partial charge in [-0.2, -0.15) is 0 Å². The first-order valence-corrected chi connectivity index (χ1v) is 8.95. The number of halogens is 1. The predicted octanol–water partition coefficient (Wildman–Crippen LogP) is 4.91. The van der Waals surface area contributed by atoms with Crippen LogP contribution in [-0.4, -0.2) is 15.9 Å². The molecule has 0 aliphatic carbocycles. The zero-order chi connectivity index (χ0) is 17.6. The van der Waals surface area contributed by atoms with E-state index in [2.05, 4.69) is 15.3 Å². The summed E-state index contributed by atoms with van der Waals surface area (Å²) in [5.41, 5.74) is 2.51. The molecule has 3 aromatic rings. The molecular weight excluding hydrogens is 354 g/mol. The van der Waals surface area contributed by atoms with Crippen LogP contribution in [0.15, 0.2) is 72.1 Å². The minimum Gasteiger partial charge on any atom is -0.325 e. The average Bonchev–Trinajstić information content (AvgIpc) is 2.64. The van der Waals surface area contributed by atoms with Crippen molar-refractivity contribution in [2.75, 3.05) is 5.32 Å². The summed E-state index contributed by atoms with van der Waals surface area (Å²) in [6, 6.07) is 16.8. The Balaban J connectivity index is 1.85. The molecule has 0 unspecified atom stereocenters. The molecule has 0 fully saturated rings. The van der Waals surface area contributed by atoms with Gasteiger partial charge in [-0.15, -0.1) is 0 Å². The van der Waals surface area contributed by atoms with Crippen LogP contribution in [0, 0.1) is 6.92 Å². The van der Waals surface area contributed by atoms with Crippen molar-refractivity contribution in [2.45, 2.75) is 17.3 Å². The van der Waals surface area contributed by atoms with Crippen molar-refractivity contribution < 1.29 is 4.79 Å². The van der Waals surface area contributed by atoms with Crippen molar-refractivity contribution in [1.82, 2.24) is 9.97 Å². The topological polar surface area (TPSA) is 54.9 Å². The summed E-state index contributed by atoms with van der Waals surface area (Å²) in [4.78, 5) is 21.3. The van der Waals surface area contributed by atoms with Crippen LogP contribution in [0.1, 0.15) is 16.4 Å². The number of nitrogens with zero attached hydrogens (tertiary/aromatic N) is 2. The third kappa shape index (κ3) is 4.59. The van der Waals surface area contributed by atoms with Gasteiger partial charge in [-0.05, 0) is 36.2 Å². The number of nitrogens with one attached hydrogen (secondary N) is 1. The zero-order valence-electron chi connectivity index (χ0n) is 13.5. The molecule has 1 heterocycles. The summed E-state index contributed by atoms with van der Waals surface area (Å²) in [5.74, 6) is -0.149. The summed E-state index contributed by atoms with van der Waals surface area (Å²) >= 11 is 7.46. The molecule has 1 N–H and O–H groups in total. The summed E-state index contributed by atoms with van der Waals surface area (Å²) in [6.07, 6.45) is 3.32. The third-order valence-corrected chi connectivity index (χ3v) is 5.10. The molecule has 0 bridgehead atoms. The fraction of sp³-hybridized carbons (Fsp3) is 0.105. The van der Waals surface area contributed by atoms with Crippen molar-refractivity contribution >= 4 is 35.0 Å². The first-order valence-electron chi connectivity index (χ1n) is 7.69. The van der Waals surface area contributed by atoms with Gasteiger partial charge in [0.25, 0.3) is 0 Å². The minimum absolute atomic E-state index is 0.149. The Morgan fingerprint density at radius 1 is 1.08 bits per heavy atom. The van der Waals surface area contributed by atoms with Gasteiger partial charge in [0.15, 0.2) is 5.16 Å². The van der Waals surface area contributed by atoms with E-state index in [1.54, 1.807) is 24.5 Å². The van der Waals surface area contributed by atoms with E-state index in [1.807, 2.05) is 49.4 Å². The summed E-state index contributed by atoms with van der Waals surface area (Å²) in [5, 5.41) is 3.63. The van der Waals surface area contributed by atoms with Gasteiger partial charge in [-0.1, -0.05) is 59.8 Å². The van der Waals surface area contributed by atoms with E-state index in [-0.39, 0.29) is 5.91 Å². The maximum Gasteiger partial charge on any atom is 0.242 e. The molecule has 3 rings (SSSR count). The van der Waals surface area contributed by atoms with Gasteiger partial charge in [0.05, 0.1) is 0 Å². The molecule has 1 aromatic heterocycles. The van der Waals surface area contributed by atoms with E-state index in [1.165, 1.54) is 11.8 Å². The van der Waals surface area contributed by atoms with Gasteiger partial charge in [0.1, 0.15) is 5.25 Å². The highest BCUT2D eigenvalue weighted by Crippen LogP contribution is 2.34. The Kier molecular flexibility index (Phi) is 5.68. The summed E-state index contributed by atoms with van der Waals surface area (Å²) in [7, 11) is 0. The van der Waals surface area contributed by atoms with Crippen LogP contribution < -0.4 is 5.32 Å². The summed E-state index contributed by atoms with van der Waals surface area (Å²) in [6.45, 7) is 1.92. The van der Waals surface area contributed by atoms with E-state index in [4.69, 9.17) is 11.6 Å². The van der Waals surface area contributed by atoms with E-state index in [0.717, 1.165) is 11.1 Å². The second kappa shape index (κ2) is 8.14. The van der Waals surface area contributed by atoms with Gasteiger partial charge < -0.3 is 5.32 Å². The number of carbonyl (C=O) groups excluding carboxylic acids is 1. The molecule has 0 aliphatic heterocycles. The lowest BCUT2D eigenvalue weighted by molar-refractivity contribution is -0.115. The number of anilines is 1. The van der Waals surface area contributed by atoms with Gasteiger partial charge in [0.2, 0.25) is 5.91 Å². The number of benzene rings is 2. The molecular formula is C19H16ClN3OS. The van der Waals surface area contributed by atoms with Crippen LogP contribution in [0.3, 0.4) is 0 Å². The van der Waals surface area contributed by atoms with Crippen molar-refractivity contribution in [1.29, 1.82) is 0 Å². The fourth-order valence-corrected chi connectivity index (χ4v) is 3.32. The molecule has 1 atom stereocenters. The Hall–Kier alpha value is -2.37. The minimum atomic E-state index is -0.469. The quantitative estimate of drug-likeness (QED) is 0.512. The van der Waals surface area contributed by atoms with Crippen LogP contribution in [0.2, 0.25) is 5.02 Å². The number of amides is 1. The Morgan fingerprint density at radius 3 is 2.48 bits per heavy atom. The monoisotopic (exact) mass is 369 g/mol. The SMILES string of the molecule is Cc1ccc(NC(=O)[C@H](Sc2ncccn2)c2ccccc2)cc1Cl. The molecule has 4 nitrogen and oxygen atoms in total. The van der Waals surface area contributed by atoms with Crippen molar-refractivity contribution in [3.05, 3.63) is 83.1 Å². The van der Waals surface area contributed by atoms with E-state index in [9.17, 15) is 4.79 Å². The second-order valence-corrected chi connectivity index (χ2v) is 6.87. The van der Waals surface area contributed by atoms with Crippen LogP contribution >= 0.6 is 23.4 Å². The number of aryl methyl sites for hydroxylation is 1. The Bertz CT molecular complexity index is 859. The highest BCUT2D eigenvalue weighted by atomic mass is 35.5. The largest absolute Gasteiger partial charge is 0.325 e. The third-order valence-electron chi connectivity index (χ3n) is 3.55. The number of carbonyl (C=O) groups is 1. The number of aromatic nitrogens is 2. The molecule has 2 aromatic carbocycles. The number of thioether (sulfide) groups is 1. The normalized spacial score (nSPS) is 11.8. The van der Waals surface area contributed by atoms with Crippen LogP contribution in [0.4, 0.5) is 5.69 Å². The lowest BCUT2D eigenvalue weighted by atomic mass is 10.1. The zero-order valence-corrected chi connectivity index (χ0v) is 15.1. The molecule has 0 spiro atoms. The van der Waals surface area contributed by atoms with Crippen LogP contribution in [0.5, 0.6) is 0 Å². The molecule has 0 radical (unpaired) electrons. The molecule has 25 heavy (non-hydrogen) atoms. The average molecular weight is 370 g/mol. The predicted molar refractivity (Wildman–Crippen MR) is 102 cm³/mol. The number of rotatable bonds is 5. The van der Waals surface area contributed by atoms with E-state index >= 15 is 0 Å². The Labute approximate surface area is 155 Å². The smallest absolute Gasteiger partial charge is 0.242 e. The maximum atomic E-state index is 12.9. The second-order valence-electron chi connectivity index (χ2n) is 5.39. The van der Waals surface area contributed by atoms with Crippen molar-refractivity contribution in [3.63, 3.8) is 0 Å². The summed E-state index contributed by atoms with van der Waals surface area (Å²) < 4.78 is 0. The first-order chi connectivity index (χ1) is 12.1. The molecule has 1 amide bonds. The van der Waals surface area contributed by atoms with Crippen LogP contribution in [0.25, 0.3) is 0 Å². The van der Waals surface area contributed by atoms with Gasteiger partial charge in [0, 0.05) is 23.1 Å². The lowest BCUT2D eigenvalue weighted by Gasteiger charge is -2.16. The van der Waals surface area contributed by atoms with Crippen LogP contribution in [-0.2, 0) is 4.79 Å². The van der Waals surface area contributed by atoms with Gasteiger partial charge >= 0.3 is 0 Å². The lowest BCUT2D eigenvalue weighted by Crippen LogP contribution is -2.19.